The number of aromatic nitrogens is 2. The number of rotatable bonds is 7. The van der Waals surface area contributed by atoms with E-state index in [1.54, 1.807) is 54.1 Å². The first-order chi connectivity index (χ1) is 16.5. The molecule has 0 bridgehead atoms. The summed E-state index contributed by atoms with van der Waals surface area (Å²) < 4.78 is 6.93. The zero-order valence-electron chi connectivity index (χ0n) is 19.4. The Hall–Kier alpha value is -3.56. The van der Waals surface area contributed by atoms with Gasteiger partial charge in [-0.2, -0.15) is 0 Å². The van der Waals surface area contributed by atoms with Crippen LogP contribution in [0.25, 0.3) is 10.9 Å². The smallest absolute Gasteiger partial charge is 0.323 e. The predicted octanol–water partition coefficient (Wildman–Crippen LogP) is 3.36. The minimum atomic E-state index is -0.473. The van der Waals surface area contributed by atoms with Crippen molar-refractivity contribution >= 4 is 34.1 Å². The fourth-order valence-electron chi connectivity index (χ4n) is 4.22. The zero-order valence-corrected chi connectivity index (χ0v) is 19.4. The Morgan fingerprint density at radius 2 is 1.85 bits per heavy atom. The molecule has 0 spiro atoms. The second-order valence-electron chi connectivity index (χ2n) is 8.39. The Bertz CT molecular complexity index is 1260. The van der Waals surface area contributed by atoms with Gasteiger partial charge in [-0.05, 0) is 63.2 Å². The molecule has 34 heavy (non-hydrogen) atoms. The van der Waals surface area contributed by atoms with Gasteiger partial charge in [-0.3, -0.25) is 14.2 Å². The number of anilines is 2. The van der Waals surface area contributed by atoms with Gasteiger partial charge in [-0.25, -0.2) is 9.78 Å². The molecule has 2 amide bonds. The molecule has 1 fully saturated rings. The standard InChI is InChI=1S/C25H29N5O4/c1-16(31)18-4-3-5-19(14-18)27-25(33)28-20-6-7-22-21(15-20)24(32)30(12-13-34-2)23(29-22)17-8-10-26-11-9-17/h3-7,14-15,17,26H,8-13H2,1-2H3,(H2,27,28,33). The molecule has 1 aliphatic rings. The fourth-order valence-corrected chi connectivity index (χ4v) is 4.22. The maximum Gasteiger partial charge on any atom is 0.323 e. The van der Waals surface area contributed by atoms with Crippen LogP contribution in [0.4, 0.5) is 16.2 Å². The molecule has 1 aromatic heterocycles. The molecular weight excluding hydrogens is 434 g/mol. The lowest BCUT2D eigenvalue weighted by Gasteiger charge is -2.25. The quantitative estimate of drug-likeness (QED) is 0.463. The van der Waals surface area contributed by atoms with E-state index in [9.17, 15) is 14.4 Å². The van der Waals surface area contributed by atoms with Crippen LogP contribution in [0.3, 0.4) is 0 Å². The number of carbonyl (C=O) groups excluding carboxylic acids is 2. The van der Waals surface area contributed by atoms with Gasteiger partial charge < -0.3 is 20.7 Å². The van der Waals surface area contributed by atoms with E-state index in [4.69, 9.17) is 9.72 Å². The van der Waals surface area contributed by atoms with Gasteiger partial charge in [-0.1, -0.05) is 12.1 Å². The van der Waals surface area contributed by atoms with Crippen LogP contribution in [0.5, 0.6) is 0 Å². The third kappa shape index (κ3) is 5.32. The zero-order chi connectivity index (χ0) is 24.1. The number of piperidine rings is 1. The highest BCUT2D eigenvalue weighted by Crippen LogP contribution is 2.25. The first-order valence-electron chi connectivity index (χ1n) is 11.4. The van der Waals surface area contributed by atoms with Crippen LogP contribution in [0.15, 0.2) is 47.3 Å². The average molecular weight is 464 g/mol. The summed E-state index contributed by atoms with van der Waals surface area (Å²) in [6, 6.07) is 11.4. The number of Topliss-reactive ketones (excluding diaryl/α,β-unsaturated/α-hetero) is 1. The van der Waals surface area contributed by atoms with Crippen molar-refractivity contribution in [1.82, 2.24) is 14.9 Å². The van der Waals surface area contributed by atoms with Gasteiger partial charge in [0.05, 0.1) is 24.1 Å². The second-order valence-corrected chi connectivity index (χ2v) is 8.39. The van der Waals surface area contributed by atoms with Crippen LogP contribution in [-0.4, -0.2) is 48.2 Å². The first kappa shape index (κ1) is 23.6. The molecule has 2 heterocycles. The van der Waals surface area contributed by atoms with E-state index in [2.05, 4.69) is 16.0 Å². The molecule has 2 aromatic carbocycles. The van der Waals surface area contributed by atoms with E-state index in [1.165, 1.54) is 6.92 Å². The molecule has 0 radical (unpaired) electrons. The third-order valence-corrected chi connectivity index (χ3v) is 5.99. The number of nitrogens with zero attached hydrogens (tertiary/aromatic N) is 2. The molecular formula is C25H29N5O4. The van der Waals surface area contributed by atoms with Gasteiger partial charge in [-0.15, -0.1) is 0 Å². The number of hydrogen-bond donors (Lipinski definition) is 3. The summed E-state index contributed by atoms with van der Waals surface area (Å²) in [6.07, 6.45) is 1.85. The second kappa shape index (κ2) is 10.6. The summed E-state index contributed by atoms with van der Waals surface area (Å²) in [6.45, 7) is 4.09. The predicted molar refractivity (Wildman–Crippen MR) is 132 cm³/mol. The van der Waals surface area contributed by atoms with Gasteiger partial charge >= 0.3 is 6.03 Å². The molecule has 9 heteroatoms. The molecule has 0 atom stereocenters. The Kier molecular flexibility index (Phi) is 7.34. The Labute approximate surface area is 197 Å². The van der Waals surface area contributed by atoms with Gasteiger partial charge in [0.1, 0.15) is 5.82 Å². The summed E-state index contributed by atoms with van der Waals surface area (Å²) in [5.74, 6) is 0.920. The number of ketones is 1. The van der Waals surface area contributed by atoms with E-state index in [0.29, 0.717) is 41.0 Å². The highest BCUT2D eigenvalue weighted by molar-refractivity contribution is 6.02. The number of carbonyl (C=O) groups is 2. The van der Waals surface area contributed by atoms with Crippen molar-refractivity contribution in [3.63, 3.8) is 0 Å². The lowest BCUT2D eigenvalue weighted by molar-refractivity contribution is 0.101. The van der Waals surface area contributed by atoms with E-state index >= 15 is 0 Å². The van der Waals surface area contributed by atoms with Crippen LogP contribution in [0.2, 0.25) is 0 Å². The Morgan fingerprint density at radius 1 is 1.12 bits per heavy atom. The maximum absolute atomic E-state index is 13.4. The molecule has 4 rings (SSSR count). The van der Waals surface area contributed by atoms with Crippen LogP contribution >= 0.6 is 0 Å². The van der Waals surface area contributed by atoms with Crippen molar-refractivity contribution in [2.45, 2.75) is 32.2 Å². The molecule has 0 saturated carbocycles. The van der Waals surface area contributed by atoms with Crippen molar-refractivity contribution in [2.75, 3.05) is 37.4 Å². The van der Waals surface area contributed by atoms with Gasteiger partial charge in [0, 0.05) is 30.0 Å². The number of ether oxygens (including phenoxy) is 1. The van der Waals surface area contributed by atoms with Crippen LogP contribution < -0.4 is 21.5 Å². The summed E-state index contributed by atoms with van der Waals surface area (Å²) in [4.78, 5) is 42.4. The van der Waals surface area contributed by atoms with Gasteiger partial charge in [0.25, 0.3) is 5.56 Å². The average Bonchev–Trinajstić information content (AvgIpc) is 2.84. The van der Waals surface area contributed by atoms with E-state index < -0.39 is 6.03 Å². The molecule has 9 nitrogen and oxygen atoms in total. The molecule has 3 N–H and O–H groups in total. The lowest BCUT2D eigenvalue weighted by Crippen LogP contribution is -2.33. The molecule has 1 saturated heterocycles. The first-order valence-corrected chi connectivity index (χ1v) is 11.4. The summed E-state index contributed by atoms with van der Waals surface area (Å²) in [5.41, 5.74) is 1.94. The molecule has 3 aromatic rings. The number of benzene rings is 2. The SMILES string of the molecule is COCCn1c(C2CCNCC2)nc2ccc(NC(=O)Nc3cccc(C(C)=O)c3)cc2c1=O. The fraction of sp³-hybridized carbons (Fsp3) is 0.360. The highest BCUT2D eigenvalue weighted by Gasteiger charge is 2.22. The van der Waals surface area contributed by atoms with Crippen LogP contribution in [0, 0.1) is 0 Å². The third-order valence-electron chi connectivity index (χ3n) is 5.99. The van der Waals surface area contributed by atoms with Crippen molar-refractivity contribution in [3.8, 4) is 0 Å². The molecule has 178 valence electrons. The van der Waals surface area contributed by atoms with Crippen molar-refractivity contribution in [2.24, 2.45) is 0 Å². The Morgan fingerprint density at radius 3 is 2.56 bits per heavy atom. The van der Waals surface area contributed by atoms with Crippen LogP contribution in [-0.2, 0) is 11.3 Å². The minimum Gasteiger partial charge on any atom is -0.383 e. The molecule has 0 aliphatic carbocycles. The minimum absolute atomic E-state index is 0.0836. The number of amides is 2. The van der Waals surface area contributed by atoms with Crippen molar-refractivity contribution in [1.29, 1.82) is 0 Å². The topological polar surface area (TPSA) is 114 Å². The highest BCUT2D eigenvalue weighted by atomic mass is 16.5. The number of methoxy groups -OCH3 is 1. The van der Waals surface area contributed by atoms with E-state index in [-0.39, 0.29) is 17.3 Å². The molecule has 1 aliphatic heterocycles. The number of urea groups is 1. The van der Waals surface area contributed by atoms with E-state index in [1.807, 2.05) is 0 Å². The normalized spacial score (nSPS) is 14.2. The lowest BCUT2D eigenvalue weighted by atomic mass is 9.96. The van der Waals surface area contributed by atoms with E-state index in [0.717, 1.165) is 31.8 Å². The summed E-state index contributed by atoms with van der Waals surface area (Å²) in [7, 11) is 1.61. The van der Waals surface area contributed by atoms with Crippen molar-refractivity contribution in [3.05, 3.63) is 64.2 Å². The van der Waals surface area contributed by atoms with Crippen molar-refractivity contribution < 1.29 is 14.3 Å². The summed E-state index contributed by atoms with van der Waals surface area (Å²) >= 11 is 0. The number of hydrogen-bond acceptors (Lipinski definition) is 6. The number of fused-ring (bicyclic) bond motifs is 1. The van der Waals surface area contributed by atoms with Gasteiger partial charge in [0.2, 0.25) is 0 Å². The Balaban J connectivity index is 1.60. The largest absolute Gasteiger partial charge is 0.383 e. The monoisotopic (exact) mass is 463 g/mol. The van der Waals surface area contributed by atoms with Gasteiger partial charge in [0.15, 0.2) is 5.78 Å². The summed E-state index contributed by atoms with van der Waals surface area (Å²) in [5, 5.41) is 9.25. The molecule has 0 unspecified atom stereocenters. The maximum atomic E-state index is 13.4. The van der Waals surface area contributed by atoms with Crippen LogP contribution in [0.1, 0.15) is 41.9 Å². The number of nitrogens with one attached hydrogen (secondary N) is 3.